The highest BCUT2D eigenvalue weighted by atomic mass is 32.2. The zero-order valence-corrected chi connectivity index (χ0v) is 18.1. The molecule has 7 nitrogen and oxygen atoms in total. The summed E-state index contributed by atoms with van der Waals surface area (Å²) in [6.07, 6.45) is 3.45. The summed E-state index contributed by atoms with van der Waals surface area (Å²) in [6, 6.07) is 0.360. The molecule has 0 aliphatic carbocycles. The summed E-state index contributed by atoms with van der Waals surface area (Å²) in [6.45, 7) is 10.3. The molecule has 0 bridgehead atoms. The van der Waals surface area contributed by atoms with Crippen LogP contribution in [0.1, 0.15) is 43.2 Å². The van der Waals surface area contributed by atoms with E-state index < -0.39 is 0 Å². The molecule has 3 rings (SSSR count). The molecule has 1 aromatic heterocycles. The van der Waals surface area contributed by atoms with Crippen molar-refractivity contribution in [3.8, 4) is 0 Å². The lowest BCUT2D eigenvalue weighted by molar-refractivity contribution is -0.136. The van der Waals surface area contributed by atoms with Crippen LogP contribution in [0.3, 0.4) is 0 Å². The Morgan fingerprint density at radius 1 is 1.11 bits per heavy atom. The van der Waals surface area contributed by atoms with Crippen LogP contribution >= 0.6 is 11.8 Å². The molecule has 0 radical (unpaired) electrons. The number of piperidine rings is 1. The highest BCUT2D eigenvalue weighted by Crippen LogP contribution is 2.20. The number of rotatable bonds is 6. The van der Waals surface area contributed by atoms with Gasteiger partial charge in [-0.3, -0.25) is 14.5 Å². The van der Waals surface area contributed by atoms with E-state index in [1.807, 2.05) is 23.6 Å². The number of hydrogen-bond donors (Lipinski definition) is 0. The van der Waals surface area contributed by atoms with Gasteiger partial charge in [0.25, 0.3) is 0 Å². The van der Waals surface area contributed by atoms with Crippen molar-refractivity contribution in [2.75, 3.05) is 45.0 Å². The van der Waals surface area contributed by atoms with Gasteiger partial charge >= 0.3 is 0 Å². The van der Waals surface area contributed by atoms with E-state index in [-0.39, 0.29) is 11.8 Å². The maximum absolute atomic E-state index is 12.6. The minimum absolute atomic E-state index is 0.174. The lowest BCUT2D eigenvalue weighted by Crippen LogP contribution is -2.53. The van der Waals surface area contributed by atoms with Crippen molar-refractivity contribution in [3.05, 3.63) is 17.0 Å². The molecule has 156 valence electrons. The summed E-state index contributed by atoms with van der Waals surface area (Å²) in [5.74, 6) is 2.46. The van der Waals surface area contributed by atoms with Gasteiger partial charge in [-0.15, -0.1) is 11.8 Å². The van der Waals surface area contributed by atoms with Gasteiger partial charge in [0.05, 0.1) is 18.0 Å². The Balaban J connectivity index is 1.37. The summed E-state index contributed by atoms with van der Waals surface area (Å²) in [5.41, 5.74) is 1.99. The number of hydrogen-bond acceptors (Lipinski definition) is 6. The van der Waals surface area contributed by atoms with Crippen LogP contribution in [0.25, 0.3) is 0 Å². The Morgan fingerprint density at radius 3 is 2.50 bits per heavy atom. The van der Waals surface area contributed by atoms with E-state index in [9.17, 15) is 9.59 Å². The number of thioether (sulfide) groups is 1. The molecule has 28 heavy (non-hydrogen) atoms. The predicted octanol–water partition coefficient (Wildman–Crippen LogP) is 2.07. The number of likely N-dealkylation sites (tertiary alicyclic amines) is 1. The molecule has 1 unspecified atom stereocenters. The molecule has 0 N–H and O–H groups in total. The largest absolute Gasteiger partial charge is 0.361 e. The SMILES string of the molecule is Cc1noc(C)c1CSCC(=O)N1CCN(CC(=O)N2CCCCC2C)CC1. The van der Waals surface area contributed by atoms with Crippen LogP contribution in [-0.2, 0) is 15.3 Å². The normalized spacial score (nSPS) is 21.2. The molecule has 2 amide bonds. The van der Waals surface area contributed by atoms with Crippen molar-refractivity contribution >= 4 is 23.6 Å². The maximum Gasteiger partial charge on any atom is 0.236 e. The topological polar surface area (TPSA) is 69.9 Å². The Kier molecular flexibility index (Phi) is 7.40. The second-order valence-electron chi connectivity index (χ2n) is 7.88. The number of aromatic nitrogens is 1. The van der Waals surface area contributed by atoms with E-state index in [0.717, 1.165) is 55.2 Å². The third-order valence-corrected chi connectivity index (χ3v) is 6.80. The molecule has 2 saturated heterocycles. The van der Waals surface area contributed by atoms with Gasteiger partial charge in [0.15, 0.2) is 0 Å². The van der Waals surface area contributed by atoms with Gasteiger partial charge in [0, 0.05) is 50.1 Å². The lowest BCUT2D eigenvalue weighted by Gasteiger charge is -2.38. The summed E-state index contributed by atoms with van der Waals surface area (Å²) < 4.78 is 5.17. The van der Waals surface area contributed by atoms with Gasteiger partial charge in [0.2, 0.25) is 11.8 Å². The van der Waals surface area contributed by atoms with E-state index in [1.165, 1.54) is 6.42 Å². The molecule has 3 heterocycles. The fourth-order valence-corrected chi connectivity index (χ4v) is 5.02. The second-order valence-corrected chi connectivity index (χ2v) is 8.87. The minimum Gasteiger partial charge on any atom is -0.361 e. The first-order chi connectivity index (χ1) is 13.5. The summed E-state index contributed by atoms with van der Waals surface area (Å²) in [4.78, 5) is 31.2. The van der Waals surface area contributed by atoms with Crippen molar-refractivity contribution in [1.82, 2.24) is 19.9 Å². The van der Waals surface area contributed by atoms with Crippen LogP contribution in [0, 0.1) is 13.8 Å². The average Bonchev–Trinajstić information content (AvgIpc) is 3.00. The fourth-order valence-electron chi connectivity index (χ4n) is 3.95. The minimum atomic E-state index is 0.174. The van der Waals surface area contributed by atoms with Crippen molar-refractivity contribution in [2.24, 2.45) is 0 Å². The molecule has 0 saturated carbocycles. The van der Waals surface area contributed by atoms with Crippen LogP contribution < -0.4 is 0 Å². The van der Waals surface area contributed by atoms with Crippen LogP contribution in [0.5, 0.6) is 0 Å². The van der Waals surface area contributed by atoms with E-state index in [2.05, 4.69) is 17.0 Å². The fraction of sp³-hybridized carbons (Fsp3) is 0.750. The second kappa shape index (κ2) is 9.78. The number of piperazine rings is 1. The third kappa shape index (κ3) is 5.29. The first-order valence-corrected chi connectivity index (χ1v) is 11.4. The van der Waals surface area contributed by atoms with Crippen molar-refractivity contribution in [1.29, 1.82) is 0 Å². The number of aryl methyl sites for hydroxylation is 2. The van der Waals surface area contributed by atoms with Gasteiger partial charge in [0.1, 0.15) is 5.76 Å². The van der Waals surface area contributed by atoms with E-state index in [4.69, 9.17) is 4.52 Å². The van der Waals surface area contributed by atoms with Crippen molar-refractivity contribution in [2.45, 2.75) is 51.8 Å². The monoisotopic (exact) mass is 408 g/mol. The van der Waals surface area contributed by atoms with Gasteiger partial charge in [-0.05, 0) is 40.0 Å². The standard InChI is InChI=1S/C20H32N4O3S/c1-15-6-4-5-7-24(15)19(25)12-22-8-10-23(11-9-22)20(26)14-28-13-18-16(2)21-27-17(18)3/h15H,4-14H2,1-3H3. The number of carbonyl (C=O) groups excluding carboxylic acids is 2. The molecule has 1 atom stereocenters. The molecule has 8 heteroatoms. The number of nitrogens with zero attached hydrogens (tertiary/aromatic N) is 4. The molecule has 0 spiro atoms. The molecule has 0 aromatic carbocycles. The highest BCUT2D eigenvalue weighted by molar-refractivity contribution is 7.99. The molecular formula is C20H32N4O3S. The first kappa shape index (κ1) is 21.2. The zero-order valence-electron chi connectivity index (χ0n) is 17.3. The van der Waals surface area contributed by atoms with Gasteiger partial charge < -0.3 is 14.3 Å². The van der Waals surface area contributed by atoms with Crippen LogP contribution in [0.15, 0.2) is 4.52 Å². The summed E-state index contributed by atoms with van der Waals surface area (Å²) >= 11 is 1.61. The quantitative estimate of drug-likeness (QED) is 0.718. The highest BCUT2D eigenvalue weighted by Gasteiger charge is 2.27. The van der Waals surface area contributed by atoms with Gasteiger partial charge in [-0.1, -0.05) is 5.16 Å². The number of carbonyl (C=O) groups is 2. The summed E-state index contributed by atoms with van der Waals surface area (Å²) in [5, 5.41) is 3.95. The summed E-state index contributed by atoms with van der Waals surface area (Å²) in [7, 11) is 0. The van der Waals surface area contributed by atoms with E-state index >= 15 is 0 Å². The lowest BCUT2D eigenvalue weighted by atomic mass is 10.0. The molecule has 2 fully saturated rings. The van der Waals surface area contributed by atoms with Crippen molar-refractivity contribution in [3.63, 3.8) is 0 Å². The molecular weight excluding hydrogens is 376 g/mol. The van der Waals surface area contributed by atoms with E-state index in [0.29, 0.717) is 31.4 Å². The maximum atomic E-state index is 12.6. The van der Waals surface area contributed by atoms with E-state index in [1.54, 1.807) is 11.8 Å². The molecule has 1 aromatic rings. The van der Waals surface area contributed by atoms with Crippen LogP contribution in [0.4, 0.5) is 0 Å². The predicted molar refractivity (Wildman–Crippen MR) is 110 cm³/mol. The number of amides is 2. The van der Waals surface area contributed by atoms with Crippen molar-refractivity contribution < 1.29 is 14.1 Å². The van der Waals surface area contributed by atoms with Gasteiger partial charge in [-0.25, -0.2) is 0 Å². The molecule has 2 aliphatic heterocycles. The average molecular weight is 409 g/mol. The third-order valence-electron chi connectivity index (χ3n) is 5.86. The van der Waals surface area contributed by atoms with Crippen LogP contribution in [0.2, 0.25) is 0 Å². The first-order valence-electron chi connectivity index (χ1n) is 10.2. The Labute approximate surface area is 171 Å². The molecule has 2 aliphatic rings. The smallest absolute Gasteiger partial charge is 0.236 e. The Hall–Kier alpha value is -1.54. The Morgan fingerprint density at radius 2 is 1.86 bits per heavy atom. The van der Waals surface area contributed by atoms with Crippen LogP contribution in [-0.4, -0.2) is 82.7 Å². The van der Waals surface area contributed by atoms with Gasteiger partial charge in [-0.2, -0.15) is 0 Å². The Bertz CT molecular complexity index is 665. The zero-order chi connectivity index (χ0) is 20.1.